The maximum atomic E-state index is 11.8. The van der Waals surface area contributed by atoms with Crippen molar-refractivity contribution in [2.45, 2.75) is 38.3 Å². The molecule has 4 N–H and O–H groups in total. The van der Waals surface area contributed by atoms with Crippen LogP contribution in [0.4, 0.5) is 11.9 Å². The molecule has 26 heavy (non-hydrogen) atoms. The summed E-state index contributed by atoms with van der Waals surface area (Å²) in [6, 6.07) is 0.363. The van der Waals surface area contributed by atoms with Crippen LogP contribution in [-0.2, 0) is 9.59 Å². The molecule has 3 heterocycles. The summed E-state index contributed by atoms with van der Waals surface area (Å²) in [5.74, 6) is 0.186. The van der Waals surface area contributed by atoms with E-state index in [1.807, 2.05) is 0 Å². The van der Waals surface area contributed by atoms with Gasteiger partial charge in [0.1, 0.15) is 0 Å². The van der Waals surface area contributed by atoms with E-state index < -0.39 is 12.0 Å². The van der Waals surface area contributed by atoms with Gasteiger partial charge in [-0.15, -0.1) is 0 Å². The number of aromatic nitrogens is 4. The number of carbonyl (C=O) groups excluding carboxylic acids is 2. The number of nitrogens with zero attached hydrogens (tertiary/aromatic N) is 4. The van der Waals surface area contributed by atoms with Gasteiger partial charge in [-0.25, -0.2) is 0 Å². The first kappa shape index (κ1) is 16.5. The molecule has 0 spiro atoms. The van der Waals surface area contributed by atoms with Crippen molar-refractivity contribution in [1.29, 1.82) is 0 Å². The predicted molar refractivity (Wildman–Crippen MR) is 93.3 cm³/mol. The van der Waals surface area contributed by atoms with Crippen LogP contribution in [0.2, 0.25) is 0 Å². The number of hydrogen-bond acceptors (Lipinski definition) is 8. The van der Waals surface area contributed by atoms with Crippen molar-refractivity contribution in [2.75, 3.05) is 17.2 Å². The molecule has 2 aliphatic rings. The number of fused-ring (bicyclic) bond motifs is 1. The highest BCUT2D eigenvalue weighted by Crippen LogP contribution is 2.26. The van der Waals surface area contributed by atoms with Crippen molar-refractivity contribution in [1.82, 2.24) is 24.9 Å². The summed E-state index contributed by atoms with van der Waals surface area (Å²) in [6.07, 6.45) is 4.85. The van der Waals surface area contributed by atoms with E-state index in [1.54, 1.807) is 23.7 Å². The zero-order valence-corrected chi connectivity index (χ0v) is 14.2. The fraction of sp³-hybridized carbons (Fsp3) is 0.438. The van der Waals surface area contributed by atoms with Crippen LogP contribution in [0.15, 0.2) is 11.8 Å². The molecule has 1 saturated carbocycles. The van der Waals surface area contributed by atoms with Gasteiger partial charge in [0.05, 0.1) is 18.7 Å². The van der Waals surface area contributed by atoms with Gasteiger partial charge in [-0.2, -0.15) is 19.6 Å². The Kier molecular flexibility index (Phi) is 4.03. The molecule has 1 saturated heterocycles. The first-order valence-corrected chi connectivity index (χ1v) is 8.48. The minimum atomic E-state index is -0.547. The van der Waals surface area contributed by atoms with Crippen molar-refractivity contribution in [3.8, 4) is 0 Å². The zero-order chi connectivity index (χ0) is 18.3. The summed E-state index contributed by atoms with van der Waals surface area (Å²) >= 11 is 0. The van der Waals surface area contributed by atoms with Crippen LogP contribution in [0.3, 0.4) is 0 Å². The highest BCUT2D eigenvalue weighted by Gasteiger charge is 2.26. The number of imide groups is 1. The molecule has 1 aliphatic heterocycles. The van der Waals surface area contributed by atoms with Crippen LogP contribution in [0, 0.1) is 0 Å². The maximum absolute atomic E-state index is 11.8. The maximum Gasteiger partial charge on any atom is 0.254 e. The fourth-order valence-electron chi connectivity index (χ4n) is 2.63. The Bertz CT molecular complexity index is 914. The average Bonchev–Trinajstić information content (AvgIpc) is 3.22. The molecule has 2 amide bonds. The highest BCUT2D eigenvalue weighted by atomic mass is 16.3. The first-order valence-electron chi connectivity index (χ1n) is 8.48. The topological polar surface area (TPSA) is 134 Å². The number of anilines is 2. The van der Waals surface area contributed by atoms with Gasteiger partial charge >= 0.3 is 0 Å². The Morgan fingerprint density at radius 2 is 2.23 bits per heavy atom. The molecule has 0 aromatic carbocycles. The van der Waals surface area contributed by atoms with Crippen LogP contribution >= 0.6 is 0 Å². The zero-order valence-electron chi connectivity index (χ0n) is 14.2. The van der Waals surface area contributed by atoms with Gasteiger partial charge in [-0.05, 0) is 25.8 Å². The van der Waals surface area contributed by atoms with Gasteiger partial charge in [0, 0.05) is 23.7 Å². The third kappa shape index (κ3) is 3.36. The van der Waals surface area contributed by atoms with E-state index in [0.29, 0.717) is 41.3 Å². The third-order valence-electron chi connectivity index (χ3n) is 4.09. The van der Waals surface area contributed by atoms with Crippen LogP contribution in [0.1, 0.15) is 31.7 Å². The Hall–Kier alpha value is -3.01. The van der Waals surface area contributed by atoms with Gasteiger partial charge in [0.25, 0.3) is 5.91 Å². The summed E-state index contributed by atoms with van der Waals surface area (Å²) in [7, 11) is 0. The molecule has 2 fully saturated rings. The van der Waals surface area contributed by atoms with Crippen molar-refractivity contribution in [3.63, 3.8) is 0 Å². The lowest BCUT2D eigenvalue weighted by Gasteiger charge is -2.11. The number of carbonyl (C=O) groups is 2. The minimum Gasteiger partial charge on any atom is -0.392 e. The van der Waals surface area contributed by atoms with Gasteiger partial charge in [-0.3, -0.25) is 14.9 Å². The van der Waals surface area contributed by atoms with Crippen molar-refractivity contribution in [3.05, 3.63) is 17.3 Å². The van der Waals surface area contributed by atoms with E-state index in [2.05, 4.69) is 31.0 Å². The molecular weight excluding hydrogens is 338 g/mol. The number of nitrogens with one attached hydrogen (secondary N) is 3. The normalized spacial score (nSPS) is 19.8. The van der Waals surface area contributed by atoms with E-state index in [1.165, 1.54) is 0 Å². The number of hydrogen-bond donors (Lipinski definition) is 4. The van der Waals surface area contributed by atoms with E-state index in [4.69, 9.17) is 0 Å². The lowest BCUT2D eigenvalue weighted by molar-refractivity contribution is -0.124. The van der Waals surface area contributed by atoms with E-state index in [0.717, 1.165) is 12.8 Å². The molecule has 2 aromatic heterocycles. The molecule has 1 atom stereocenters. The molecule has 0 bridgehead atoms. The van der Waals surface area contributed by atoms with Crippen LogP contribution < -0.4 is 16.0 Å². The van der Waals surface area contributed by atoms with Crippen molar-refractivity contribution >= 4 is 35.4 Å². The largest absolute Gasteiger partial charge is 0.392 e. The smallest absolute Gasteiger partial charge is 0.254 e. The number of aliphatic hydroxyl groups excluding tert-OH is 1. The van der Waals surface area contributed by atoms with E-state index in [9.17, 15) is 14.7 Å². The lowest BCUT2D eigenvalue weighted by atomic mass is 10.1. The van der Waals surface area contributed by atoms with Gasteiger partial charge in [0.2, 0.25) is 17.8 Å². The van der Waals surface area contributed by atoms with Gasteiger partial charge in [0.15, 0.2) is 5.65 Å². The van der Waals surface area contributed by atoms with E-state index >= 15 is 0 Å². The predicted octanol–water partition coefficient (Wildman–Crippen LogP) is -0.0788. The molecule has 10 heteroatoms. The summed E-state index contributed by atoms with van der Waals surface area (Å²) in [4.78, 5) is 32.1. The summed E-state index contributed by atoms with van der Waals surface area (Å²) in [5.41, 5.74) is 1.50. The molecule has 2 aromatic rings. The van der Waals surface area contributed by atoms with Crippen LogP contribution in [-0.4, -0.2) is 55.2 Å². The molecule has 10 nitrogen and oxygen atoms in total. The Morgan fingerprint density at radius 1 is 1.42 bits per heavy atom. The number of rotatable bonds is 6. The molecule has 0 radical (unpaired) electrons. The lowest BCUT2D eigenvalue weighted by Crippen LogP contribution is -2.19. The Labute approximate surface area is 148 Å². The summed E-state index contributed by atoms with van der Waals surface area (Å²) < 4.78 is 1.58. The van der Waals surface area contributed by atoms with Crippen molar-refractivity contribution < 1.29 is 14.7 Å². The van der Waals surface area contributed by atoms with Crippen LogP contribution in [0.5, 0.6) is 0 Å². The number of aliphatic hydroxyl groups is 1. The second-order valence-electron chi connectivity index (χ2n) is 6.58. The van der Waals surface area contributed by atoms with Crippen LogP contribution in [0.25, 0.3) is 11.7 Å². The number of amides is 2. The minimum absolute atomic E-state index is 0.0432. The van der Waals surface area contributed by atoms with Crippen molar-refractivity contribution in [2.24, 2.45) is 0 Å². The summed E-state index contributed by atoms with van der Waals surface area (Å²) in [5, 5.41) is 22.3. The third-order valence-corrected chi connectivity index (χ3v) is 4.09. The molecule has 4 rings (SSSR count). The quantitative estimate of drug-likeness (QED) is 0.417. The first-order chi connectivity index (χ1) is 12.5. The monoisotopic (exact) mass is 357 g/mol. The summed E-state index contributed by atoms with van der Waals surface area (Å²) in [6.45, 7) is 1.97. The fourth-order valence-corrected chi connectivity index (χ4v) is 2.63. The highest BCUT2D eigenvalue weighted by molar-refractivity contribution is 6.15. The molecular formula is C16H19N7O3. The second-order valence-corrected chi connectivity index (χ2v) is 6.58. The molecule has 1 unspecified atom stereocenters. The molecule has 1 aliphatic carbocycles. The standard InChI is InChI=1S/C16H19N7O3/c1-8(24)6-17-15-21-13-10(4-9-5-12(25)20-14(9)26)7-18-23(13)16(22-15)19-11-2-3-11/h4,7-8,11,24H,2-3,5-6H2,1H3,(H,20,25,26)(H2,17,19,21,22)/b9-4+. The second kappa shape index (κ2) is 6.37. The SMILES string of the molecule is CC(O)CNc1nc(NC2CC2)n2ncc(/C=C3\CC(=O)NC3=O)c2n1. The van der Waals surface area contributed by atoms with Gasteiger partial charge in [-0.1, -0.05) is 0 Å². The Morgan fingerprint density at radius 3 is 2.88 bits per heavy atom. The molecule has 136 valence electrons. The Balaban J connectivity index is 1.74. The average molecular weight is 357 g/mol. The van der Waals surface area contributed by atoms with Gasteiger partial charge < -0.3 is 15.7 Å². The van der Waals surface area contributed by atoms with E-state index in [-0.39, 0.29) is 12.3 Å².